The van der Waals surface area contributed by atoms with Gasteiger partial charge in [-0.25, -0.2) is 0 Å². The molecule has 28 heavy (non-hydrogen) atoms. The Bertz CT molecular complexity index is 956. The molecule has 8 nitrogen and oxygen atoms in total. The summed E-state index contributed by atoms with van der Waals surface area (Å²) in [5, 5.41) is 10.6. The van der Waals surface area contributed by atoms with Crippen molar-refractivity contribution in [3.8, 4) is 17.2 Å². The van der Waals surface area contributed by atoms with Gasteiger partial charge in [0.2, 0.25) is 16.0 Å². The zero-order chi connectivity index (χ0) is 20.6. The molecule has 1 aromatic rings. The molecular formula is C16H13F3N4O4S. The third-order valence-electron chi connectivity index (χ3n) is 3.73. The van der Waals surface area contributed by atoms with Crippen molar-refractivity contribution in [3.63, 3.8) is 0 Å². The topological polar surface area (TPSA) is 96.6 Å². The summed E-state index contributed by atoms with van der Waals surface area (Å²) in [6.45, 7) is 0. The number of rotatable bonds is 4. The summed E-state index contributed by atoms with van der Waals surface area (Å²) < 4.78 is 54.4. The molecule has 2 heterocycles. The number of fused-ring (bicyclic) bond motifs is 1. The molecule has 0 bridgehead atoms. The number of hydrazone groups is 1. The third kappa shape index (κ3) is 3.30. The number of amidine groups is 2. The highest BCUT2D eigenvalue weighted by Crippen LogP contribution is 2.41. The summed E-state index contributed by atoms with van der Waals surface area (Å²) in [6, 6.07) is 3.11. The molecule has 0 saturated heterocycles. The lowest BCUT2D eigenvalue weighted by atomic mass is 10.1. The molecule has 2 aliphatic heterocycles. The summed E-state index contributed by atoms with van der Waals surface area (Å²) in [4.78, 5) is 15.9. The number of thioether (sulfide) groups is 1. The number of halogens is 3. The second-order valence-electron chi connectivity index (χ2n) is 5.35. The van der Waals surface area contributed by atoms with Gasteiger partial charge in [0.25, 0.3) is 5.91 Å². The number of aliphatic imine (C=N–C) groups is 1. The van der Waals surface area contributed by atoms with Crippen molar-refractivity contribution < 1.29 is 32.2 Å². The van der Waals surface area contributed by atoms with Gasteiger partial charge in [-0.15, -0.1) is 0 Å². The number of alkyl halides is 3. The molecule has 0 fully saturated rings. The highest BCUT2D eigenvalue weighted by atomic mass is 32.2. The van der Waals surface area contributed by atoms with Gasteiger partial charge in [0.05, 0.1) is 26.9 Å². The fraction of sp³-hybridized carbons (Fsp3) is 0.250. The van der Waals surface area contributed by atoms with Crippen molar-refractivity contribution in [2.24, 2.45) is 10.1 Å². The quantitative estimate of drug-likeness (QED) is 0.761. The van der Waals surface area contributed by atoms with E-state index in [1.807, 2.05) is 0 Å². The van der Waals surface area contributed by atoms with E-state index in [2.05, 4.69) is 10.1 Å². The lowest BCUT2D eigenvalue weighted by Crippen LogP contribution is -2.35. The van der Waals surface area contributed by atoms with Gasteiger partial charge in [-0.3, -0.25) is 10.2 Å². The van der Waals surface area contributed by atoms with E-state index in [4.69, 9.17) is 19.6 Å². The van der Waals surface area contributed by atoms with Gasteiger partial charge in [0.15, 0.2) is 17.3 Å². The molecule has 0 saturated carbocycles. The molecule has 0 radical (unpaired) electrons. The lowest BCUT2D eigenvalue weighted by molar-refractivity contribution is -0.114. The molecule has 0 unspecified atom stereocenters. The molecule has 148 valence electrons. The van der Waals surface area contributed by atoms with E-state index in [1.165, 1.54) is 27.4 Å². The van der Waals surface area contributed by atoms with E-state index in [0.29, 0.717) is 16.3 Å². The van der Waals surface area contributed by atoms with Gasteiger partial charge in [0.1, 0.15) is 0 Å². The summed E-state index contributed by atoms with van der Waals surface area (Å²) in [5.74, 6) is -0.535. The van der Waals surface area contributed by atoms with Crippen molar-refractivity contribution in [3.05, 3.63) is 23.3 Å². The second kappa shape index (κ2) is 7.19. The largest absolute Gasteiger partial charge is 0.493 e. The van der Waals surface area contributed by atoms with Crippen LogP contribution in [0.15, 0.2) is 27.8 Å². The Labute approximate surface area is 161 Å². The standard InChI is InChI=1S/C16H13F3N4O4S/c1-25-9-5-4-7(10(26-2)11(9)27-3)6-8-12(20)23-15(21-13(8)24)28-14(22-23)16(17,18)19/h4-6,20H,1-3H3/b8-6+,20-12?. The van der Waals surface area contributed by atoms with E-state index in [-0.39, 0.29) is 34.0 Å². The first kappa shape index (κ1) is 19.7. The van der Waals surface area contributed by atoms with Crippen molar-refractivity contribution in [2.75, 3.05) is 21.3 Å². The Kier molecular flexibility index (Phi) is 5.06. The number of hydrogen-bond acceptors (Lipinski definition) is 7. The van der Waals surface area contributed by atoms with Crippen LogP contribution in [0.1, 0.15) is 5.56 Å². The Balaban J connectivity index is 2.06. The fourth-order valence-electron chi connectivity index (χ4n) is 2.50. The number of hydrogen-bond donors (Lipinski definition) is 1. The highest BCUT2D eigenvalue weighted by Gasteiger charge is 2.46. The number of benzene rings is 1. The minimum atomic E-state index is -4.70. The van der Waals surface area contributed by atoms with E-state index in [0.717, 1.165) is 0 Å². The maximum Gasteiger partial charge on any atom is 0.441 e. The molecule has 0 spiro atoms. The first-order valence-corrected chi connectivity index (χ1v) is 8.39. The van der Waals surface area contributed by atoms with Crippen molar-refractivity contribution in [1.82, 2.24) is 5.01 Å². The fourth-order valence-corrected chi connectivity index (χ4v) is 3.26. The SMILES string of the molecule is COc1ccc(/C=C2\C(=N)N3N=C(C(F)(F)F)SC3=NC2=O)c(OC)c1OC. The molecule has 12 heteroatoms. The zero-order valence-electron chi connectivity index (χ0n) is 14.7. The minimum absolute atomic E-state index is 0.187. The normalized spacial score (nSPS) is 18.1. The van der Waals surface area contributed by atoms with Crippen LogP contribution in [0.5, 0.6) is 17.2 Å². The minimum Gasteiger partial charge on any atom is -0.493 e. The van der Waals surface area contributed by atoms with Crippen molar-refractivity contribution >= 4 is 39.8 Å². The summed E-state index contributed by atoms with van der Waals surface area (Å²) in [6.07, 6.45) is -3.43. The molecular weight excluding hydrogens is 401 g/mol. The predicted molar refractivity (Wildman–Crippen MR) is 97.2 cm³/mol. The van der Waals surface area contributed by atoms with Gasteiger partial charge in [-0.1, -0.05) is 0 Å². The number of carbonyl (C=O) groups excluding carboxylic acids is 1. The predicted octanol–water partition coefficient (Wildman–Crippen LogP) is 2.89. The van der Waals surface area contributed by atoms with E-state index in [1.54, 1.807) is 12.1 Å². The third-order valence-corrected chi connectivity index (χ3v) is 4.68. The number of nitrogens with zero attached hydrogens (tertiary/aromatic N) is 3. The van der Waals surface area contributed by atoms with E-state index in [9.17, 15) is 18.0 Å². The molecule has 1 N–H and O–H groups in total. The van der Waals surface area contributed by atoms with Crippen LogP contribution in [0.25, 0.3) is 6.08 Å². The molecule has 1 aromatic carbocycles. The average Bonchev–Trinajstić information content (AvgIpc) is 3.08. The molecule has 0 aromatic heterocycles. The van der Waals surface area contributed by atoms with Crippen LogP contribution in [-0.2, 0) is 4.79 Å². The van der Waals surface area contributed by atoms with Gasteiger partial charge < -0.3 is 14.2 Å². The number of nitrogens with one attached hydrogen (secondary N) is 1. The smallest absolute Gasteiger partial charge is 0.441 e. The molecule has 0 atom stereocenters. The Morgan fingerprint density at radius 1 is 1.14 bits per heavy atom. The maximum absolute atomic E-state index is 12.9. The monoisotopic (exact) mass is 414 g/mol. The highest BCUT2D eigenvalue weighted by molar-refractivity contribution is 8.27. The second-order valence-corrected chi connectivity index (χ2v) is 6.30. The zero-order valence-corrected chi connectivity index (χ0v) is 15.6. The van der Waals surface area contributed by atoms with Crippen LogP contribution in [0.3, 0.4) is 0 Å². The van der Waals surface area contributed by atoms with Gasteiger partial charge in [0, 0.05) is 5.56 Å². The van der Waals surface area contributed by atoms with Crippen LogP contribution in [0, 0.1) is 5.41 Å². The van der Waals surface area contributed by atoms with Crippen LogP contribution < -0.4 is 14.2 Å². The van der Waals surface area contributed by atoms with Crippen molar-refractivity contribution in [1.29, 1.82) is 5.41 Å². The van der Waals surface area contributed by atoms with Gasteiger partial charge in [-0.2, -0.15) is 28.3 Å². The van der Waals surface area contributed by atoms with E-state index >= 15 is 0 Å². The van der Waals surface area contributed by atoms with Gasteiger partial charge >= 0.3 is 6.18 Å². The number of methoxy groups -OCH3 is 3. The molecule has 2 aliphatic rings. The summed E-state index contributed by atoms with van der Waals surface area (Å²) >= 11 is 0.187. The molecule has 0 aliphatic carbocycles. The first-order chi connectivity index (χ1) is 13.2. The Morgan fingerprint density at radius 3 is 2.39 bits per heavy atom. The van der Waals surface area contributed by atoms with Gasteiger partial charge in [-0.05, 0) is 30.0 Å². The first-order valence-electron chi connectivity index (χ1n) is 7.57. The van der Waals surface area contributed by atoms with Crippen LogP contribution in [0.2, 0.25) is 0 Å². The lowest BCUT2D eigenvalue weighted by Gasteiger charge is -2.20. The van der Waals surface area contributed by atoms with Crippen molar-refractivity contribution in [2.45, 2.75) is 6.18 Å². The Morgan fingerprint density at radius 2 is 1.82 bits per heavy atom. The average molecular weight is 414 g/mol. The summed E-state index contributed by atoms with van der Waals surface area (Å²) in [7, 11) is 4.21. The molecule has 1 amide bonds. The molecule has 3 rings (SSSR count). The summed E-state index contributed by atoms with van der Waals surface area (Å²) in [5.41, 5.74) is 0.0980. The van der Waals surface area contributed by atoms with Crippen LogP contribution >= 0.6 is 11.8 Å². The Hall–Kier alpha value is -3.02. The van der Waals surface area contributed by atoms with Crippen LogP contribution in [0.4, 0.5) is 13.2 Å². The number of carbonyl (C=O) groups is 1. The number of ether oxygens (including phenoxy) is 3. The van der Waals surface area contributed by atoms with Crippen LogP contribution in [-0.4, -0.2) is 54.5 Å². The number of amides is 1. The maximum atomic E-state index is 12.9. The van der Waals surface area contributed by atoms with E-state index < -0.39 is 23.0 Å².